The summed E-state index contributed by atoms with van der Waals surface area (Å²) in [6, 6.07) is 13.3. The second kappa shape index (κ2) is 6.87. The van der Waals surface area contributed by atoms with Crippen LogP contribution in [0, 0.1) is 10.1 Å². The average molecular weight is 338 g/mol. The minimum Gasteiger partial charge on any atom is -0.271 e. The number of rotatable bonds is 5. The molecule has 0 radical (unpaired) electrons. The lowest BCUT2D eigenvalue weighted by atomic mass is 10.1. The Bertz CT molecular complexity index is 979. The van der Waals surface area contributed by atoms with Crippen LogP contribution in [0.1, 0.15) is 12.5 Å². The summed E-state index contributed by atoms with van der Waals surface area (Å²) in [4.78, 5) is 22.4. The van der Waals surface area contributed by atoms with Crippen molar-refractivity contribution in [2.75, 3.05) is 0 Å². The molecule has 9 heteroatoms. The van der Waals surface area contributed by atoms with Crippen molar-refractivity contribution < 1.29 is 9.72 Å². The maximum atomic E-state index is 12.0. The third-order valence-corrected chi connectivity index (χ3v) is 3.54. The van der Waals surface area contributed by atoms with Gasteiger partial charge in [0.1, 0.15) is 12.1 Å². The van der Waals surface area contributed by atoms with Gasteiger partial charge in [0, 0.05) is 17.7 Å². The zero-order chi connectivity index (χ0) is 17.8. The highest BCUT2D eigenvalue weighted by Crippen LogP contribution is 2.13. The summed E-state index contributed by atoms with van der Waals surface area (Å²) in [7, 11) is 0. The quantitative estimate of drug-likeness (QED) is 0.433. The van der Waals surface area contributed by atoms with Crippen LogP contribution in [-0.4, -0.2) is 31.5 Å². The van der Waals surface area contributed by atoms with E-state index in [4.69, 9.17) is 0 Å². The first-order valence-electron chi connectivity index (χ1n) is 7.41. The molecule has 0 aliphatic carbocycles. The number of carbonyl (C=O) groups is 1. The van der Waals surface area contributed by atoms with Gasteiger partial charge < -0.3 is 0 Å². The smallest absolute Gasteiger partial charge is 0.270 e. The topological polar surface area (TPSA) is 115 Å². The van der Waals surface area contributed by atoms with E-state index in [2.05, 4.69) is 20.8 Å². The van der Waals surface area contributed by atoms with Crippen LogP contribution in [-0.2, 0) is 11.3 Å². The third-order valence-electron chi connectivity index (χ3n) is 3.54. The van der Waals surface area contributed by atoms with Crippen LogP contribution in [0.15, 0.2) is 53.6 Å². The molecule has 1 aromatic heterocycles. The van der Waals surface area contributed by atoms with Gasteiger partial charge in [-0.25, -0.2) is 10.1 Å². The van der Waals surface area contributed by atoms with Crippen LogP contribution >= 0.6 is 0 Å². The second-order valence-electron chi connectivity index (χ2n) is 5.28. The molecule has 0 unspecified atom stereocenters. The number of hydrogen-bond acceptors (Lipinski definition) is 6. The fourth-order valence-electron chi connectivity index (χ4n) is 2.26. The van der Waals surface area contributed by atoms with Crippen molar-refractivity contribution in [3.05, 3.63) is 64.2 Å². The number of benzene rings is 2. The van der Waals surface area contributed by atoms with Crippen LogP contribution in [0.2, 0.25) is 0 Å². The zero-order valence-electron chi connectivity index (χ0n) is 13.3. The Morgan fingerprint density at radius 1 is 1.28 bits per heavy atom. The Kier molecular flexibility index (Phi) is 4.46. The zero-order valence-corrected chi connectivity index (χ0v) is 13.3. The summed E-state index contributed by atoms with van der Waals surface area (Å²) in [5, 5.41) is 22.7. The number of nitro benzene ring substituents is 1. The maximum Gasteiger partial charge on any atom is 0.270 e. The summed E-state index contributed by atoms with van der Waals surface area (Å²) in [6.45, 7) is 1.62. The molecule has 0 saturated heterocycles. The molecule has 0 fully saturated rings. The fourth-order valence-corrected chi connectivity index (χ4v) is 2.26. The summed E-state index contributed by atoms with van der Waals surface area (Å²) >= 11 is 0. The predicted octanol–water partition coefficient (Wildman–Crippen LogP) is 1.88. The van der Waals surface area contributed by atoms with Gasteiger partial charge in [0.15, 0.2) is 0 Å². The van der Waals surface area contributed by atoms with Crippen molar-refractivity contribution in [2.24, 2.45) is 5.10 Å². The molecule has 0 aliphatic heterocycles. The van der Waals surface area contributed by atoms with E-state index in [0.29, 0.717) is 16.8 Å². The molecular weight excluding hydrogens is 324 g/mol. The minimum absolute atomic E-state index is 0.0348. The van der Waals surface area contributed by atoms with Gasteiger partial charge in [0.05, 0.1) is 16.2 Å². The van der Waals surface area contributed by atoms with E-state index in [1.54, 1.807) is 25.1 Å². The summed E-state index contributed by atoms with van der Waals surface area (Å²) < 4.78 is 1.48. The Labute approximate surface area is 142 Å². The molecule has 0 bridgehead atoms. The van der Waals surface area contributed by atoms with E-state index < -0.39 is 4.92 Å². The molecule has 0 aliphatic rings. The minimum atomic E-state index is -0.481. The van der Waals surface area contributed by atoms with E-state index in [9.17, 15) is 14.9 Å². The molecular formula is C16H14N6O3. The summed E-state index contributed by atoms with van der Waals surface area (Å²) in [5.41, 5.74) is 4.85. The second-order valence-corrected chi connectivity index (χ2v) is 5.28. The van der Waals surface area contributed by atoms with Gasteiger partial charge in [-0.2, -0.15) is 5.10 Å². The summed E-state index contributed by atoms with van der Waals surface area (Å²) in [6.07, 6.45) is 0. The highest BCUT2D eigenvalue weighted by molar-refractivity contribution is 5.99. The standard InChI is InChI=1S/C16H14N6O3/c1-11(12-5-4-6-13(9-12)22(24)25)17-19-16(23)10-21-15-8-3-2-7-14(15)18-20-21/h2-9H,10H2,1H3,(H,19,23)/b17-11+. The molecule has 0 spiro atoms. The molecule has 1 amide bonds. The van der Waals surface area contributed by atoms with Gasteiger partial charge in [-0.3, -0.25) is 14.9 Å². The van der Waals surface area contributed by atoms with Crippen LogP contribution in [0.3, 0.4) is 0 Å². The van der Waals surface area contributed by atoms with E-state index in [1.165, 1.54) is 16.8 Å². The first kappa shape index (κ1) is 16.2. The first-order valence-corrected chi connectivity index (χ1v) is 7.41. The average Bonchev–Trinajstić information content (AvgIpc) is 3.03. The predicted molar refractivity (Wildman–Crippen MR) is 91.0 cm³/mol. The number of fused-ring (bicyclic) bond motifs is 1. The number of nitro groups is 1. The molecule has 25 heavy (non-hydrogen) atoms. The molecule has 9 nitrogen and oxygen atoms in total. The van der Waals surface area contributed by atoms with E-state index in [1.807, 2.05) is 18.2 Å². The third kappa shape index (κ3) is 3.66. The number of amides is 1. The van der Waals surface area contributed by atoms with Gasteiger partial charge in [0.25, 0.3) is 11.6 Å². The largest absolute Gasteiger partial charge is 0.271 e. The fraction of sp³-hybridized carbons (Fsp3) is 0.125. The van der Waals surface area contributed by atoms with Crippen LogP contribution in [0.4, 0.5) is 5.69 Å². The molecule has 1 heterocycles. The Hall–Kier alpha value is -3.62. The number of hydrogen-bond donors (Lipinski definition) is 1. The molecule has 126 valence electrons. The molecule has 0 saturated carbocycles. The number of non-ortho nitro benzene ring substituents is 1. The molecule has 2 aromatic carbocycles. The highest BCUT2D eigenvalue weighted by Gasteiger charge is 2.10. The van der Waals surface area contributed by atoms with Crippen molar-refractivity contribution >= 4 is 28.3 Å². The van der Waals surface area contributed by atoms with Crippen LogP contribution in [0.25, 0.3) is 11.0 Å². The van der Waals surface area contributed by atoms with Crippen molar-refractivity contribution in [2.45, 2.75) is 13.5 Å². The molecule has 3 aromatic rings. The Balaban J connectivity index is 1.69. The van der Waals surface area contributed by atoms with E-state index in [-0.39, 0.29) is 18.1 Å². The van der Waals surface area contributed by atoms with Gasteiger partial charge >= 0.3 is 0 Å². The van der Waals surface area contributed by atoms with Gasteiger partial charge in [-0.1, -0.05) is 29.5 Å². The lowest BCUT2D eigenvalue weighted by Crippen LogP contribution is -2.24. The monoisotopic (exact) mass is 338 g/mol. The molecule has 0 atom stereocenters. The summed E-state index contributed by atoms with van der Waals surface area (Å²) in [5.74, 6) is -0.375. The van der Waals surface area contributed by atoms with Crippen LogP contribution in [0.5, 0.6) is 0 Å². The van der Waals surface area contributed by atoms with Gasteiger partial charge in [0.2, 0.25) is 0 Å². The van der Waals surface area contributed by atoms with Crippen molar-refractivity contribution in [1.29, 1.82) is 0 Å². The van der Waals surface area contributed by atoms with E-state index >= 15 is 0 Å². The van der Waals surface area contributed by atoms with E-state index in [0.717, 1.165) is 5.52 Å². The molecule has 1 N–H and O–H groups in total. The molecule has 3 rings (SSSR count). The SMILES string of the molecule is C/C(=N\NC(=O)Cn1nnc2ccccc21)c1cccc([N+](=O)[O-])c1. The Morgan fingerprint density at radius 2 is 2.08 bits per heavy atom. The number of aromatic nitrogens is 3. The Morgan fingerprint density at radius 3 is 2.88 bits per heavy atom. The number of nitrogens with one attached hydrogen (secondary N) is 1. The maximum absolute atomic E-state index is 12.0. The number of hydrazone groups is 1. The number of nitrogens with zero attached hydrogens (tertiary/aromatic N) is 5. The number of para-hydroxylation sites is 1. The van der Waals surface area contributed by atoms with Crippen LogP contribution < -0.4 is 5.43 Å². The van der Waals surface area contributed by atoms with Gasteiger partial charge in [-0.05, 0) is 19.1 Å². The first-order chi connectivity index (χ1) is 12.0. The lowest BCUT2D eigenvalue weighted by molar-refractivity contribution is -0.384. The number of carbonyl (C=O) groups excluding carboxylic acids is 1. The van der Waals surface area contributed by atoms with Crippen molar-refractivity contribution in [3.8, 4) is 0 Å². The lowest BCUT2D eigenvalue weighted by Gasteiger charge is -2.04. The van der Waals surface area contributed by atoms with Crippen molar-refractivity contribution in [3.63, 3.8) is 0 Å². The van der Waals surface area contributed by atoms with Crippen molar-refractivity contribution in [1.82, 2.24) is 20.4 Å². The van der Waals surface area contributed by atoms with Gasteiger partial charge in [-0.15, -0.1) is 5.10 Å². The highest BCUT2D eigenvalue weighted by atomic mass is 16.6. The normalized spacial score (nSPS) is 11.5.